The summed E-state index contributed by atoms with van der Waals surface area (Å²) in [6, 6.07) is 13.8. The Morgan fingerprint density at radius 3 is 2.57 bits per heavy atom. The number of aromatic nitrogens is 1. The standard InChI is InChI=1S/C23H27N3O2/c1-25(15-17-14-22(27)26(16-17)20-6-2-3-7-20)23(28)19-11-9-18(10-12-19)21-8-4-5-13-24-21/h4-5,8-13,17,20H,2-3,6-7,14-16H2,1H3/t17-/m1/s1. The number of amides is 2. The number of rotatable bonds is 5. The Kier molecular flexibility index (Phi) is 5.42. The van der Waals surface area contributed by atoms with Crippen LogP contribution in [0.2, 0.25) is 0 Å². The van der Waals surface area contributed by atoms with Crippen molar-refractivity contribution in [2.45, 2.75) is 38.1 Å². The maximum absolute atomic E-state index is 12.8. The monoisotopic (exact) mass is 377 g/mol. The quantitative estimate of drug-likeness (QED) is 0.800. The summed E-state index contributed by atoms with van der Waals surface area (Å²) in [6.45, 7) is 1.41. The van der Waals surface area contributed by atoms with Crippen molar-refractivity contribution >= 4 is 11.8 Å². The number of nitrogens with zero attached hydrogens (tertiary/aromatic N) is 3. The number of carbonyl (C=O) groups excluding carboxylic acids is 2. The van der Waals surface area contributed by atoms with Gasteiger partial charge >= 0.3 is 0 Å². The van der Waals surface area contributed by atoms with Crippen molar-refractivity contribution in [2.75, 3.05) is 20.1 Å². The van der Waals surface area contributed by atoms with Gasteiger partial charge in [-0.05, 0) is 37.1 Å². The average molecular weight is 377 g/mol. The lowest BCUT2D eigenvalue weighted by atomic mass is 10.1. The first kappa shape index (κ1) is 18.7. The van der Waals surface area contributed by atoms with Crippen LogP contribution < -0.4 is 0 Å². The molecule has 1 aliphatic heterocycles. The number of hydrogen-bond acceptors (Lipinski definition) is 3. The van der Waals surface area contributed by atoms with Crippen LogP contribution in [0.25, 0.3) is 11.3 Å². The van der Waals surface area contributed by atoms with E-state index in [-0.39, 0.29) is 17.7 Å². The van der Waals surface area contributed by atoms with Crippen LogP contribution in [0.4, 0.5) is 0 Å². The molecule has 0 N–H and O–H groups in total. The zero-order chi connectivity index (χ0) is 19.5. The summed E-state index contributed by atoms with van der Waals surface area (Å²) >= 11 is 0. The van der Waals surface area contributed by atoms with Gasteiger partial charge in [-0.15, -0.1) is 0 Å². The molecule has 1 saturated heterocycles. The predicted molar refractivity (Wildman–Crippen MR) is 109 cm³/mol. The van der Waals surface area contributed by atoms with E-state index < -0.39 is 0 Å². The number of likely N-dealkylation sites (tertiary alicyclic amines) is 1. The van der Waals surface area contributed by atoms with Gasteiger partial charge in [0, 0.05) is 55.8 Å². The molecular formula is C23H27N3O2. The van der Waals surface area contributed by atoms with Crippen LogP contribution in [0, 0.1) is 5.92 Å². The molecule has 5 heteroatoms. The smallest absolute Gasteiger partial charge is 0.253 e. The highest BCUT2D eigenvalue weighted by atomic mass is 16.2. The van der Waals surface area contributed by atoms with Crippen LogP contribution in [0.15, 0.2) is 48.7 Å². The van der Waals surface area contributed by atoms with Crippen molar-refractivity contribution in [1.82, 2.24) is 14.8 Å². The molecule has 0 unspecified atom stereocenters. The fourth-order valence-corrected chi connectivity index (χ4v) is 4.51. The Bertz CT molecular complexity index is 829. The van der Waals surface area contributed by atoms with Gasteiger partial charge < -0.3 is 9.80 Å². The highest BCUT2D eigenvalue weighted by molar-refractivity contribution is 5.94. The number of pyridine rings is 1. The molecule has 2 aromatic rings. The molecule has 28 heavy (non-hydrogen) atoms. The molecule has 2 aliphatic rings. The minimum atomic E-state index is -0.000615. The molecule has 1 aromatic carbocycles. The fourth-order valence-electron chi connectivity index (χ4n) is 4.51. The third kappa shape index (κ3) is 3.93. The highest BCUT2D eigenvalue weighted by Gasteiger charge is 2.36. The van der Waals surface area contributed by atoms with E-state index in [9.17, 15) is 9.59 Å². The predicted octanol–water partition coefficient (Wildman–Crippen LogP) is 3.61. The maximum Gasteiger partial charge on any atom is 0.253 e. The Labute approximate surface area is 166 Å². The van der Waals surface area contributed by atoms with Gasteiger partial charge in [0.05, 0.1) is 5.69 Å². The normalized spacial score (nSPS) is 20.0. The van der Waals surface area contributed by atoms with Crippen LogP contribution in [-0.4, -0.2) is 52.8 Å². The van der Waals surface area contributed by atoms with Crippen molar-refractivity contribution < 1.29 is 9.59 Å². The fraction of sp³-hybridized carbons (Fsp3) is 0.435. The second kappa shape index (κ2) is 8.13. The van der Waals surface area contributed by atoms with E-state index in [0.29, 0.717) is 24.6 Å². The molecule has 1 aliphatic carbocycles. The van der Waals surface area contributed by atoms with E-state index in [2.05, 4.69) is 9.88 Å². The first-order chi connectivity index (χ1) is 13.6. The summed E-state index contributed by atoms with van der Waals surface area (Å²) in [6.07, 6.45) is 7.05. The molecule has 4 rings (SSSR count). The van der Waals surface area contributed by atoms with Crippen molar-refractivity contribution in [3.05, 3.63) is 54.2 Å². The first-order valence-corrected chi connectivity index (χ1v) is 10.2. The Morgan fingerprint density at radius 2 is 1.89 bits per heavy atom. The maximum atomic E-state index is 12.8. The molecule has 0 spiro atoms. The Balaban J connectivity index is 1.36. The molecule has 0 radical (unpaired) electrons. The van der Waals surface area contributed by atoms with E-state index in [1.165, 1.54) is 12.8 Å². The molecule has 1 atom stereocenters. The summed E-state index contributed by atoms with van der Waals surface area (Å²) in [5, 5.41) is 0. The molecular weight excluding hydrogens is 350 g/mol. The summed E-state index contributed by atoms with van der Waals surface area (Å²) in [4.78, 5) is 33.4. The molecule has 2 heterocycles. The van der Waals surface area contributed by atoms with E-state index in [0.717, 1.165) is 30.6 Å². The van der Waals surface area contributed by atoms with Gasteiger partial charge in [-0.1, -0.05) is 31.0 Å². The molecule has 146 valence electrons. The molecule has 5 nitrogen and oxygen atoms in total. The average Bonchev–Trinajstić information content (AvgIpc) is 3.38. The van der Waals surface area contributed by atoms with Crippen molar-refractivity contribution in [3.63, 3.8) is 0 Å². The van der Waals surface area contributed by atoms with Gasteiger partial charge in [0.25, 0.3) is 5.91 Å². The minimum absolute atomic E-state index is 0.000615. The summed E-state index contributed by atoms with van der Waals surface area (Å²) in [7, 11) is 1.83. The molecule has 2 amide bonds. The van der Waals surface area contributed by atoms with Gasteiger partial charge in [0.1, 0.15) is 0 Å². The molecule has 2 fully saturated rings. The minimum Gasteiger partial charge on any atom is -0.341 e. The van der Waals surface area contributed by atoms with Crippen LogP contribution in [-0.2, 0) is 4.79 Å². The van der Waals surface area contributed by atoms with Crippen LogP contribution in [0.3, 0.4) is 0 Å². The topological polar surface area (TPSA) is 53.5 Å². The van der Waals surface area contributed by atoms with Crippen LogP contribution >= 0.6 is 0 Å². The number of carbonyl (C=O) groups is 2. The van der Waals surface area contributed by atoms with Crippen LogP contribution in [0.5, 0.6) is 0 Å². The van der Waals surface area contributed by atoms with Gasteiger partial charge in [-0.3, -0.25) is 14.6 Å². The van der Waals surface area contributed by atoms with Crippen LogP contribution in [0.1, 0.15) is 42.5 Å². The zero-order valence-corrected chi connectivity index (χ0v) is 16.4. The number of hydrogen-bond donors (Lipinski definition) is 0. The Hall–Kier alpha value is -2.69. The van der Waals surface area contributed by atoms with Crippen molar-refractivity contribution in [1.29, 1.82) is 0 Å². The largest absolute Gasteiger partial charge is 0.341 e. The van der Waals surface area contributed by atoms with Gasteiger partial charge in [0.2, 0.25) is 5.91 Å². The van der Waals surface area contributed by atoms with E-state index in [4.69, 9.17) is 0 Å². The Morgan fingerprint density at radius 1 is 1.14 bits per heavy atom. The van der Waals surface area contributed by atoms with Crippen molar-refractivity contribution in [2.24, 2.45) is 5.92 Å². The van der Waals surface area contributed by atoms with E-state index in [1.807, 2.05) is 49.5 Å². The lowest BCUT2D eigenvalue weighted by molar-refractivity contribution is -0.129. The van der Waals surface area contributed by atoms with E-state index >= 15 is 0 Å². The second-order valence-corrected chi connectivity index (χ2v) is 8.03. The third-order valence-electron chi connectivity index (χ3n) is 5.98. The van der Waals surface area contributed by atoms with Gasteiger partial charge in [0.15, 0.2) is 0 Å². The van der Waals surface area contributed by atoms with Crippen molar-refractivity contribution in [3.8, 4) is 11.3 Å². The third-order valence-corrected chi connectivity index (χ3v) is 5.98. The highest BCUT2D eigenvalue weighted by Crippen LogP contribution is 2.29. The first-order valence-electron chi connectivity index (χ1n) is 10.2. The van der Waals surface area contributed by atoms with E-state index in [1.54, 1.807) is 11.1 Å². The van der Waals surface area contributed by atoms with Gasteiger partial charge in [-0.25, -0.2) is 0 Å². The zero-order valence-electron chi connectivity index (χ0n) is 16.4. The summed E-state index contributed by atoms with van der Waals surface area (Å²) < 4.78 is 0. The lowest BCUT2D eigenvalue weighted by Crippen LogP contribution is -2.36. The second-order valence-electron chi connectivity index (χ2n) is 8.03. The SMILES string of the molecule is CN(C[C@H]1CC(=O)N(C2CCCC2)C1)C(=O)c1ccc(-c2ccccn2)cc1. The summed E-state index contributed by atoms with van der Waals surface area (Å²) in [5.41, 5.74) is 2.55. The van der Waals surface area contributed by atoms with Gasteiger partial charge in [-0.2, -0.15) is 0 Å². The summed E-state index contributed by atoms with van der Waals surface area (Å²) in [5.74, 6) is 0.492. The molecule has 0 bridgehead atoms. The molecule has 1 saturated carbocycles. The molecule has 1 aromatic heterocycles. The number of benzene rings is 1. The lowest BCUT2D eigenvalue weighted by Gasteiger charge is -2.25.